The van der Waals surface area contributed by atoms with Gasteiger partial charge in [0.05, 0.1) is 0 Å². The Morgan fingerprint density at radius 2 is 1.36 bits per heavy atom. The van der Waals surface area contributed by atoms with Crippen LogP contribution in [-0.2, 0) is 4.57 Å². The summed E-state index contributed by atoms with van der Waals surface area (Å²) in [4.78, 5) is 10.2. The second-order valence-corrected chi connectivity index (χ2v) is 4.84. The van der Waals surface area contributed by atoms with E-state index in [1.807, 2.05) is 0 Å². The Morgan fingerprint density at radius 1 is 0.929 bits per heavy atom. The molecule has 14 heavy (non-hydrogen) atoms. The molecule has 0 aliphatic carbocycles. The van der Waals surface area contributed by atoms with Crippen LogP contribution in [0.2, 0.25) is 0 Å². The fourth-order valence-corrected chi connectivity index (χ4v) is 1.94. The van der Waals surface area contributed by atoms with Gasteiger partial charge >= 0.3 is 29.6 Å². The van der Waals surface area contributed by atoms with Crippen LogP contribution in [0, 0.1) is 0 Å². The van der Waals surface area contributed by atoms with E-state index in [0.29, 0.717) is 6.16 Å². The maximum atomic E-state index is 10.2. The van der Waals surface area contributed by atoms with Gasteiger partial charge in [0.15, 0.2) is 0 Å². The number of rotatable bonds is 9. The predicted molar refractivity (Wildman–Crippen MR) is 56.5 cm³/mol. The fraction of sp³-hybridized carbons (Fsp3) is 1.00. The minimum absolute atomic E-state index is 0. The average molecular weight is 228 g/mol. The molecule has 0 fully saturated rings. The number of unbranched alkanes of at least 4 members (excludes halogenated alkanes) is 7. The van der Waals surface area contributed by atoms with E-state index in [1.54, 1.807) is 0 Å². The summed E-state index contributed by atoms with van der Waals surface area (Å²) in [7, 11) is -2.44. The molecular weight excluding hydrogens is 206 g/mol. The van der Waals surface area contributed by atoms with E-state index < -0.39 is 8.03 Å². The molecule has 0 rings (SSSR count). The molecule has 2 nitrogen and oxygen atoms in total. The van der Waals surface area contributed by atoms with Gasteiger partial charge in [-0.3, -0.25) is 0 Å². The molecule has 0 N–H and O–H groups in total. The van der Waals surface area contributed by atoms with E-state index in [2.05, 4.69) is 6.92 Å². The molecule has 0 saturated heterocycles. The van der Waals surface area contributed by atoms with Gasteiger partial charge in [-0.1, -0.05) is 51.9 Å². The minimum Gasteiger partial charge on any atom is -0.802 e. The van der Waals surface area contributed by atoms with Crippen LogP contribution < -0.4 is 34.5 Å². The molecule has 0 heterocycles. The van der Waals surface area contributed by atoms with Crippen molar-refractivity contribution in [3.63, 3.8) is 0 Å². The largest absolute Gasteiger partial charge is 1.00 e. The van der Waals surface area contributed by atoms with Gasteiger partial charge in [-0.25, -0.2) is 0 Å². The van der Waals surface area contributed by atoms with Crippen LogP contribution in [0.1, 0.15) is 58.3 Å². The number of hydrogen-bond acceptors (Lipinski definition) is 2. The van der Waals surface area contributed by atoms with Gasteiger partial charge in [0.2, 0.25) is 0 Å². The third-order valence-corrected chi connectivity index (χ3v) is 3.00. The monoisotopic (exact) mass is 228 g/mol. The first kappa shape index (κ1) is 17.6. The van der Waals surface area contributed by atoms with Crippen molar-refractivity contribution in [2.75, 3.05) is 6.16 Å². The quantitative estimate of drug-likeness (QED) is 0.316. The van der Waals surface area contributed by atoms with E-state index in [-0.39, 0.29) is 29.6 Å². The first-order valence-corrected chi connectivity index (χ1v) is 6.99. The van der Waals surface area contributed by atoms with Crippen molar-refractivity contribution in [2.24, 2.45) is 0 Å². The topological polar surface area (TPSA) is 40.1 Å². The molecule has 80 valence electrons. The van der Waals surface area contributed by atoms with Gasteiger partial charge in [0.1, 0.15) is 0 Å². The van der Waals surface area contributed by atoms with Crippen LogP contribution in [0.4, 0.5) is 0 Å². The zero-order valence-electron chi connectivity index (χ0n) is 9.68. The van der Waals surface area contributed by atoms with Crippen molar-refractivity contribution < 1.29 is 39.0 Å². The summed E-state index contributed by atoms with van der Waals surface area (Å²) in [6.07, 6.45) is 10.2. The summed E-state index contributed by atoms with van der Waals surface area (Å²) < 4.78 is 10.2. The summed E-state index contributed by atoms with van der Waals surface area (Å²) >= 11 is 0. The van der Waals surface area contributed by atoms with E-state index in [0.717, 1.165) is 12.8 Å². The standard InChI is InChI=1S/C10H23O2P.Na/c1-2-3-4-5-6-7-8-9-10-13(11)12;/h13H,2-10H2,1H3,(H,11,12);/q;+1/p-1. The van der Waals surface area contributed by atoms with Crippen molar-refractivity contribution in [3.8, 4) is 0 Å². The molecule has 1 atom stereocenters. The van der Waals surface area contributed by atoms with Gasteiger partial charge in [-0.05, 0) is 12.6 Å². The normalized spacial score (nSPS) is 12.1. The summed E-state index contributed by atoms with van der Waals surface area (Å²) in [5.74, 6) is 0. The summed E-state index contributed by atoms with van der Waals surface area (Å²) in [6.45, 7) is 2.21. The van der Waals surface area contributed by atoms with Crippen LogP contribution in [0.15, 0.2) is 0 Å². The molecule has 4 heteroatoms. The Bertz CT molecular complexity index is 131. The van der Waals surface area contributed by atoms with Crippen molar-refractivity contribution in [1.82, 2.24) is 0 Å². The molecule has 0 saturated carbocycles. The van der Waals surface area contributed by atoms with Gasteiger partial charge in [0, 0.05) is 8.03 Å². The second-order valence-electron chi connectivity index (χ2n) is 3.60. The molecule has 1 unspecified atom stereocenters. The molecule has 0 radical (unpaired) electrons. The average Bonchev–Trinajstić information content (AvgIpc) is 2.09. The van der Waals surface area contributed by atoms with E-state index in [9.17, 15) is 9.46 Å². The molecule has 0 amide bonds. The molecule has 0 spiro atoms. The molecule has 0 aliphatic rings. The summed E-state index contributed by atoms with van der Waals surface area (Å²) in [5, 5.41) is 0. The maximum Gasteiger partial charge on any atom is 1.00 e. The van der Waals surface area contributed by atoms with Crippen LogP contribution in [0.5, 0.6) is 0 Å². The third kappa shape index (κ3) is 15.7. The van der Waals surface area contributed by atoms with Crippen molar-refractivity contribution in [1.29, 1.82) is 0 Å². The molecule has 0 bridgehead atoms. The molecular formula is C10H22NaO2P. The van der Waals surface area contributed by atoms with Crippen molar-refractivity contribution in [2.45, 2.75) is 58.3 Å². The van der Waals surface area contributed by atoms with Crippen LogP contribution >= 0.6 is 8.03 Å². The van der Waals surface area contributed by atoms with Gasteiger partial charge in [0.25, 0.3) is 0 Å². The van der Waals surface area contributed by atoms with E-state index in [1.165, 1.54) is 38.5 Å². The van der Waals surface area contributed by atoms with Gasteiger partial charge in [-0.15, -0.1) is 0 Å². The zero-order chi connectivity index (χ0) is 9.94. The fourth-order valence-electron chi connectivity index (χ4n) is 1.40. The Balaban J connectivity index is 0. The van der Waals surface area contributed by atoms with Crippen molar-refractivity contribution >= 4 is 8.03 Å². The number of hydrogen-bond donors (Lipinski definition) is 0. The van der Waals surface area contributed by atoms with Crippen LogP contribution in [0.25, 0.3) is 0 Å². The zero-order valence-corrected chi connectivity index (χ0v) is 12.7. The first-order valence-electron chi connectivity index (χ1n) is 5.47. The Morgan fingerprint density at radius 3 is 1.79 bits per heavy atom. The molecule has 0 aromatic heterocycles. The first-order chi connectivity index (χ1) is 6.27. The Labute approximate surface area is 111 Å². The maximum absolute atomic E-state index is 10.2. The molecule has 0 aromatic rings. The third-order valence-electron chi connectivity index (χ3n) is 2.23. The predicted octanol–water partition coefficient (Wildman–Crippen LogP) is -0.0339. The van der Waals surface area contributed by atoms with E-state index >= 15 is 0 Å². The van der Waals surface area contributed by atoms with Crippen LogP contribution in [-0.4, -0.2) is 6.16 Å². The summed E-state index contributed by atoms with van der Waals surface area (Å²) in [5.41, 5.74) is 0. The van der Waals surface area contributed by atoms with E-state index in [4.69, 9.17) is 0 Å². The molecule has 0 aliphatic heterocycles. The van der Waals surface area contributed by atoms with Crippen molar-refractivity contribution in [3.05, 3.63) is 0 Å². The Kier molecular flexibility index (Phi) is 17.8. The molecule has 0 aromatic carbocycles. The van der Waals surface area contributed by atoms with Crippen LogP contribution in [0.3, 0.4) is 0 Å². The van der Waals surface area contributed by atoms with Gasteiger partial charge in [-0.2, -0.15) is 0 Å². The van der Waals surface area contributed by atoms with Gasteiger partial charge < -0.3 is 9.46 Å². The minimum atomic E-state index is -2.44. The SMILES string of the molecule is CCCCCCCCCC[PH](=O)[O-].[Na+]. The second kappa shape index (κ2) is 14.2. The summed E-state index contributed by atoms with van der Waals surface area (Å²) in [6, 6.07) is 0. The Hall–Kier alpha value is 1.19. The smallest absolute Gasteiger partial charge is 0.802 e.